The Morgan fingerprint density at radius 2 is 0.545 bits per heavy atom. The fraction of sp³-hybridized carbons (Fsp3) is 0.900. The number of carboxylic acid groups (broad SMARTS) is 2. The monoisotopic (exact) mass is 623 g/mol. The van der Waals surface area contributed by atoms with Gasteiger partial charge in [-0.15, -0.1) is 0 Å². The van der Waals surface area contributed by atoms with Crippen LogP contribution < -0.4 is 0 Å². The number of hydrogen-bond acceptors (Lipinski definition) is 2. The molecule has 4 nitrogen and oxygen atoms in total. The third-order valence-corrected chi connectivity index (χ3v) is 8.65. The van der Waals surface area contributed by atoms with Crippen LogP contribution in [0.4, 0.5) is 0 Å². The molecule has 2 N–H and O–H groups in total. The van der Waals surface area contributed by atoms with Crippen LogP contribution in [0.3, 0.4) is 0 Å². The second-order valence-corrected chi connectivity index (χ2v) is 13.2. The highest BCUT2D eigenvalue weighted by molar-refractivity contribution is 5.66. The predicted octanol–water partition coefficient (Wildman–Crippen LogP) is 14.0. The van der Waals surface area contributed by atoms with Gasteiger partial charge in [-0.05, 0) is 38.5 Å². The molecule has 0 atom stereocenters. The number of hydrogen-bond donors (Lipinski definition) is 2. The number of aliphatic carboxylic acids is 2. The van der Waals surface area contributed by atoms with Crippen molar-refractivity contribution in [3.05, 3.63) is 12.2 Å². The van der Waals surface area contributed by atoms with Gasteiger partial charge in [0.2, 0.25) is 0 Å². The van der Waals surface area contributed by atoms with Gasteiger partial charge in [0, 0.05) is 12.8 Å². The fourth-order valence-electron chi connectivity index (χ4n) is 5.70. The highest BCUT2D eigenvalue weighted by Gasteiger charge is 1.98. The average molecular weight is 623 g/mol. The van der Waals surface area contributed by atoms with E-state index in [0.717, 1.165) is 25.7 Å². The van der Waals surface area contributed by atoms with Gasteiger partial charge < -0.3 is 10.2 Å². The van der Waals surface area contributed by atoms with Gasteiger partial charge in [0.25, 0.3) is 0 Å². The van der Waals surface area contributed by atoms with Crippen molar-refractivity contribution in [2.75, 3.05) is 0 Å². The summed E-state index contributed by atoms with van der Waals surface area (Å²) in [6, 6.07) is 0. The van der Waals surface area contributed by atoms with Crippen LogP contribution in [0.5, 0.6) is 0 Å². The van der Waals surface area contributed by atoms with Crippen molar-refractivity contribution in [3.8, 4) is 0 Å². The summed E-state index contributed by atoms with van der Waals surface area (Å²) in [7, 11) is 0. The molecular weight excluding hydrogens is 544 g/mol. The second kappa shape index (κ2) is 41.7. The third kappa shape index (κ3) is 47.6. The van der Waals surface area contributed by atoms with E-state index in [1.54, 1.807) is 0 Å². The summed E-state index contributed by atoms with van der Waals surface area (Å²) in [5.41, 5.74) is 0. The van der Waals surface area contributed by atoms with Crippen LogP contribution in [0, 0.1) is 0 Å². The van der Waals surface area contributed by atoms with Crippen LogP contribution in [0.1, 0.15) is 232 Å². The van der Waals surface area contributed by atoms with Crippen LogP contribution in [-0.2, 0) is 9.59 Å². The maximum Gasteiger partial charge on any atom is 0.303 e. The van der Waals surface area contributed by atoms with Gasteiger partial charge in [0.15, 0.2) is 0 Å². The van der Waals surface area contributed by atoms with Crippen molar-refractivity contribution in [2.45, 2.75) is 232 Å². The minimum atomic E-state index is -0.659. The molecular formula is C40H78O4. The SMILES string of the molecule is CCCCCCCC/C=C\CCCCCCCCCC(=O)O.CCCCCCCCCCCCCCCCCCCC(=O)O. The van der Waals surface area contributed by atoms with E-state index in [2.05, 4.69) is 26.0 Å². The zero-order valence-electron chi connectivity index (χ0n) is 29.9. The third-order valence-electron chi connectivity index (χ3n) is 8.65. The molecule has 0 aromatic carbocycles. The summed E-state index contributed by atoms with van der Waals surface area (Å²) >= 11 is 0. The molecule has 0 aliphatic heterocycles. The highest BCUT2D eigenvalue weighted by atomic mass is 16.4. The minimum absolute atomic E-state index is 0.337. The van der Waals surface area contributed by atoms with Crippen molar-refractivity contribution in [1.82, 2.24) is 0 Å². The lowest BCUT2D eigenvalue weighted by atomic mass is 10.0. The van der Waals surface area contributed by atoms with E-state index in [9.17, 15) is 9.59 Å². The molecule has 0 amide bonds. The van der Waals surface area contributed by atoms with Crippen molar-refractivity contribution in [1.29, 1.82) is 0 Å². The van der Waals surface area contributed by atoms with E-state index in [-0.39, 0.29) is 0 Å². The first-order valence-electron chi connectivity index (χ1n) is 19.6. The quantitative estimate of drug-likeness (QED) is 0.0544. The van der Waals surface area contributed by atoms with E-state index in [1.807, 2.05) is 0 Å². The molecule has 0 rings (SSSR count). The Morgan fingerprint density at radius 3 is 0.773 bits per heavy atom. The predicted molar refractivity (Wildman–Crippen MR) is 193 cm³/mol. The molecule has 0 radical (unpaired) electrons. The maximum absolute atomic E-state index is 10.4. The fourth-order valence-corrected chi connectivity index (χ4v) is 5.70. The largest absolute Gasteiger partial charge is 0.481 e. The molecule has 0 heterocycles. The molecule has 0 saturated heterocycles. The zero-order chi connectivity index (χ0) is 32.6. The van der Waals surface area contributed by atoms with E-state index in [1.165, 1.54) is 180 Å². The van der Waals surface area contributed by atoms with Gasteiger partial charge in [-0.25, -0.2) is 0 Å². The van der Waals surface area contributed by atoms with Gasteiger partial charge in [0.05, 0.1) is 0 Å². The Hall–Kier alpha value is -1.32. The number of carboxylic acids is 2. The molecule has 0 unspecified atom stereocenters. The van der Waals surface area contributed by atoms with Crippen molar-refractivity contribution >= 4 is 11.9 Å². The number of unbranched alkanes of at least 4 members (excludes halogenated alkanes) is 29. The Balaban J connectivity index is 0. The van der Waals surface area contributed by atoms with Gasteiger partial charge in [-0.2, -0.15) is 0 Å². The molecule has 44 heavy (non-hydrogen) atoms. The summed E-state index contributed by atoms with van der Waals surface area (Å²) in [6.07, 6.45) is 47.3. The van der Waals surface area contributed by atoms with Crippen molar-refractivity contribution in [2.24, 2.45) is 0 Å². The van der Waals surface area contributed by atoms with Crippen molar-refractivity contribution < 1.29 is 19.8 Å². The normalized spacial score (nSPS) is 11.1. The van der Waals surface area contributed by atoms with E-state index in [0.29, 0.717) is 12.8 Å². The highest BCUT2D eigenvalue weighted by Crippen LogP contribution is 2.15. The van der Waals surface area contributed by atoms with Crippen LogP contribution in [0.25, 0.3) is 0 Å². The van der Waals surface area contributed by atoms with Crippen LogP contribution in [-0.4, -0.2) is 22.2 Å². The molecule has 262 valence electrons. The zero-order valence-corrected chi connectivity index (χ0v) is 29.9. The second-order valence-electron chi connectivity index (χ2n) is 13.2. The summed E-state index contributed by atoms with van der Waals surface area (Å²) < 4.78 is 0. The Morgan fingerprint density at radius 1 is 0.341 bits per heavy atom. The first kappa shape index (κ1) is 44.8. The molecule has 0 bridgehead atoms. The Kier molecular flexibility index (Phi) is 42.4. The molecule has 0 aromatic heterocycles. The maximum atomic E-state index is 10.4. The standard InChI is InChI=1S/C20H40O2.C20H38O2/c2*1-2-3-4-5-6-7-8-9-10-11-12-13-14-15-16-17-18-19-20(21)22/h2-19H2,1H3,(H,21,22);9-10H,2-8,11-19H2,1H3,(H,21,22)/b;10-9-. The summed E-state index contributed by atoms with van der Waals surface area (Å²) in [4.78, 5) is 20.7. The van der Waals surface area contributed by atoms with Gasteiger partial charge in [-0.3, -0.25) is 9.59 Å². The van der Waals surface area contributed by atoms with Gasteiger partial charge >= 0.3 is 11.9 Å². The number of carbonyl (C=O) groups is 2. The Labute approximate surface area is 275 Å². The summed E-state index contributed by atoms with van der Waals surface area (Å²) in [5, 5.41) is 17.1. The smallest absolute Gasteiger partial charge is 0.303 e. The molecule has 0 aliphatic carbocycles. The van der Waals surface area contributed by atoms with Crippen molar-refractivity contribution in [3.63, 3.8) is 0 Å². The topological polar surface area (TPSA) is 74.6 Å². The first-order chi connectivity index (χ1) is 21.5. The van der Waals surface area contributed by atoms with Crippen LogP contribution in [0.15, 0.2) is 12.2 Å². The molecule has 4 heteroatoms. The molecule has 0 aliphatic rings. The lowest BCUT2D eigenvalue weighted by molar-refractivity contribution is -0.138. The molecule has 0 fully saturated rings. The summed E-state index contributed by atoms with van der Waals surface area (Å²) in [6.45, 7) is 4.54. The molecule has 0 aromatic rings. The molecule has 0 saturated carbocycles. The average Bonchev–Trinajstić information content (AvgIpc) is 3.00. The lowest BCUT2D eigenvalue weighted by Gasteiger charge is -2.03. The Bertz CT molecular complexity index is 586. The minimum Gasteiger partial charge on any atom is -0.481 e. The first-order valence-corrected chi connectivity index (χ1v) is 19.6. The number of allylic oxidation sites excluding steroid dienone is 2. The molecule has 0 spiro atoms. The van der Waals surface area contributed by atoms with Crippen LogP contribution in [0.2, 0.25) is 0 Å². The lowest BCUT2D eigenvalue weighted by Crippen LogP contribution is -1.93. The van der Waals surface area contributed by atoms with Gasteiger partial charge in [0.1, 0.15) is 0 Å². The van der Waals surface area contributed by atoms with E-state index >= 15 is 0 Å². The van der Waals surface area contributed by atoms with E-state index < -0.39 is 11.9 Å². The van der Waals surface area contributed by atoms with Gasteiger partial charge in [-0.1, -0.05) is 193 Å². The number of rotatable bonds is 35. The summed E-state index contributed by atoms with van der Waals surface area (Å²) in [5.74, 6) is -1.31. The van der Waals surface area contributed by atoms with Crippen LogP contribution >= 0.6 is 0 Å². The van der Waals surface area contributed by atoms with E-state index in [4.69, 9.17) is 10.2 Å².